The van der Waals surface area contributed by atoms with Gasteiger partial charge in [-0.3, -0.25) is 9.69 Å². The van der Waals surface area contributed by atoms with Crippen LogP contribution in [0.15, 0.2) is 47.4 Å². The predicted octanol–water partition coefficient (Wildman–Crippen LogP) is 5.69. The summed E-state index contributed by atoms with van der Waals surface area (Å²) in [5, 5.41) is 0.659. The molecule has 0 fully saturated rings. The van der Waals surface area contributed by atoms with E-state index in [0.717, 1.165) is 49.1 Å². The SMILES string of the molecule is CCCCN(C)S(=O)(=O)c1ccc(C(=O)N(CCN(CC)CC)c2nc3ccc(CC)cc3s2)cc1.Cl. The van der Waals surface area contributed by atoms with Crippen molar-refractivity contribution in [1.29, 1.82) is 0 Å². The van der Waals surface area contributed by atoms with Gasteiger partial charge in [-0.2, -0.15) is 0 Å². The molecule has 7 nitrogen and oxygen atoms in total. The van der Waals surface area contributed by atoms with Crippen LogP contribution in [0.4, 0.5) is 5.13 Å². The lowest BCUT2D eigenvalue weighted by Crippen LogP contribution is -2.38. The standard InChI is InChI=1S/C27H38N4O3S2.ClH/c1-6-10-17-29(5)36(33,34)23-14-12-22(13-15-23)26(32)31(19-18-30(8-3)9-4)27-28-24-16-11-21(7-2)20-25(24)35-27;/h11-16,20H,6-10,17-19H2,1-5H3;1H. The van der Waals surface area contributed by atoms with Crippen LogP contribution >= 0.6 is 23.7 Å². The number of likely N-dealkylation sites (N-methyl/N-ethyl adjacent to an activating group) is 1. The first-order valence-corrected chi connectivity index (χ1v) is 15.0. The van der Waals surface area contributed by atoms with Gasteiger partial charge in [0.05, 0.1) is 15.1 Å². The number of carbonyl (C=O) groups is 1. The van der Waals surface area contributed by atoms with Crippen molar-refractivity contribution in [1.82, 2.24) is 14.2 Å². The Morgan fingerprint density at radius 3 is 2.22 bits per heavy atom. The minimum Gasteiger partial charge on any atom is -0.302 e. The van der Waals surface area contributed by atoms with Crippen molar-refractivity contribution in [3.8, 4) is 0 Å². The van der Waals surface area contributed by atoms with E-state index in [1.807, 2.05) is 13.0 Å². The summed E-state index contributed by atoms with van der Waals surface area (Å²) >= 11 is 1.52. The molecule has 0 atom stereocenters. The molecule has 1 aromatic heterocycles. The highest BCUT2D eigenvalue weighted by Gasteiger charge is 2.24. The molecule has 0 radical (unpaired) electrons. The molecule has 0 saturated heterocycles. The number of thiazole rings is 1. The van der Waals surface area contributed by atoms with Gasteiger partial charge in [-0.1, -0.05) is 51.5 Å². The molecule has 0 spiro atoms. The highest BCUT2D eigenvalue weighted by atomic mass is 35.5. The predicted molar refractivity (Wildman–Crippen MR) is 157 cm³/mol. The van der Waals surface area contributed by atoms with E-state index in [2.05, 4.69) is 37.8 Å². The molecule has 0 aliphatic heterocycles. The second-order valence-electron chi connectivity index (χ2n) is 8.84. The number of benzene rings is 2. The molecule has 0 aliphatic rings. The first-order valence-electron chi connectivity index (χ1n) is 12.7. The lowest BCUT2D eigenvalue weighted by Gasteiger charge is -2.25. The van der Waals surface area contributed by atoms with Crippen LogP contribution in [0.25, 0.3) is 10.2 Å². The third-order valence-electron chi connectivity index (χ3n) is 6.50. The molecule has 0 saturated carbocycles. The van der Waals surface area contributed by atoms with Gasteiger partial charge in [0.1, 0.15) is 0 Å². The molecular weight excluding hydrogens is 528 g/mol. The van der Waals surface area contributed by atoms with Crippen molar-refractivity contribution in [2.75, 3.05) is 44.7 Å². The van der Waals surface area contributed by atoms with Crippen LogP contribution in [0.2, 0.25) is 0 Å². The molecule has 0 bridgehead atoms. The fourth-order valence-electron chi connectivity index (χ4n) is 3.96. The zero-order valence-electron chi connectivity index (χ0n) is 22.4. The first kappa shape index (κ1) is 31.2. The average molecular weight is 567 g/mol. The topological polar surface area (TPSA) is 73.8 Å². The summed E-state index contributed by atoms with van der Waals surface area (Å²) in [5.41, 5.74) is 2.56. The molecule has 10 heteroatoms. The number of aromatic nitrogens is 1. The molecule has 3 aromatic rings. The summed E-state index contributed by atoms with van der Waals surface area (Å²) in [6.45, 7) is 11.9. The number of carbonyl (C=O) groups excluding carboxylic acids is 1. The number of amides is 1. The fourth-order valence-corrected chi connectivity index (χ4v) is 6.23. The van der Waals surface area contributed by atoms with E-state index in [9.17, 15) is 13.2 Å². The number of sulfonamides is 1. The Balaban J connectivity index is 0.00000481. The minimum absolute atomic E-state index is 0. The number of rotatable bonds is 13. The molecule has 204 valence electrons. The van der Waals surface area contributed by atoms with Crippen molar-refractivity contribution < 1.29 is 13.2 Å². The van der Waals surface area contributed by atoms with Crippen LogP contribution in [-0.2, 0) is 16.4 Å². The summed E-state index contributed by atoms with van der Waals surface area (Å²) in [7, 11) is -1.99. The lowest BCUT2D eigenvalue weighted by atomic mass is 10.2. The van der Waals surface area contributed by atoms with E-state index in [0.29, 0.717) is 23.8 Å². The normalized spacial score (nSPS) is 11.8. The number of halogens is 1. The second-order valence-corrected chi connectivity index (χ2v) is 11.9. The van der Waals surface area contributed by atoms with Gasteiger partial charge < -0.3 is 4.90 Å². The number of hydrogen-bond acceptors (Lipinski definition) is 6. The number of unbranched alkanes of at least 4 members (excludes halogenated alkanes) is 1. The van der Waals surface area contributed by atoms with Crippen molar-refractivity contribution in [2.45, 2.75) is 51.9 Å². The Kier molecular flexibility index (Phi) is 12.0. The van der Waals surface area contributed by atoms with Gasteiger partial charge in [-0.05, 0) is 67.9 Å². The highest BCUT2D eigenvalue weighted by Crippen LogP contribution is 2.31. The molecule has 3 rings (SSSR count). The molecule has 1 amide bonds. The van der Waals surface area contributed by atoms with Gasteiger partial charge in [-0.15, -0.1) is 12.4 Å². The zero-order valence-corrected chi connectivity index (χ0v) is 24.9. The number of anilines is 1. The summed E-state index contributed by atoms with van der Waals surface area (Å²) in [6.07, 6.45) is 2.66. The first-order chi connectivity index (χ1) is 17.2. The Hall–Kier alpha value is -2.04. The molecule has 0 N–H and O–H groups in total. The maximum atomic E-state index is 13.7. The zero-order chi connectivity index (χ0) is 26.3. The van der Waals surface area contributed by atoms with E-state index < -0.39 is 10.0 Å². The van der Waals surface area contributed by atoms with E-state index in [4.69, 9.17) is 4.98 Å². The average Bonchev–Trinajstić information content (AvgIpc) is 3.32. The molecule has 0 aliphatic carbocycles. The van der Waals surface area contributed by atoms with E-state index in [1.165, 1.54) is 33.3 Å². The number of hydrogen-bond donors (Lipinski definition) is 0. The van der Waals surface area contributed by atoms with Crippen LogP contribution in [-0.4, -0.2) is 68.3 Å². The largest absolute Gasteiger partial charge is 0.302 e. The summed E-state index contributed by atoms with van der Waals surface area (Å²) in [5.74, 6) is -0.180. The van der Waals surface area contributed by atoms with Crippen LogP contribution < -0.4 is 4.90 Å². The Labute approximate surface area is 231 Å². The van der Waals surface area contributed by atoms with Gasteiger partial charge in [0, 0.05) is 32.2 Å². The van der Waals surface area contributed by atoms with Gasteiger partial charge in [0.15, 0.2) is 5.13 Å². The highest BCUT2D eigenvalue weighted by molar-refractivity contribution is 7.89. The molecular formula is C27H39ClN4O3S2. The van der Waals surface area contributed by atoms with Crippen LogP contribution in [0, 0.1) is 0 Å². The van der Waals surface area contributed by atoms with Crippen molar-refractivity contribution in [3.63, 3.8) is 0 Å². The third-order valence-corrected chi connectivity index (χ3v) is 9.41. The van der Waals surface area contributed by atoms with Gasteiger partial charge >= 0.3 is 0 Å². The van der Waals surface area contributed by atoms with Crippen LogP contribution in [0.1, 0.15) is 56.5 Å². The van der Waals surface area contributed by atoms with Gasteiger partial charge in [-0.25, -0.2) is 17.7 Å². The second kappa shape index (κ2) is 14.2. The Bertz CT molecular complexity index is 1260. The minimum atomic E-state index is -3.59. The monoisotopic (exact) mass is 566 g/mol. The Morgan fingerprint density at radius 2 is 1.62 bits per heavy atom. The van der Waals surface area contributed by atoms with E-state index in [-0.39, 0.29) is 23.2 Å². The number of fused-ring (bicyclic) bond motifs is 1. The van der Waals surface area contributed by atoms with Gasteiger partial charge in [0.25, 0.3) is 5.91 Å². The van der Waals surface area contributed by atoms with Crippen molar-refractivity contribution in [3.05, 3.63) is 53.6 Å². The smallest absolute Gasteiger partial charge is 0.260 e. The maximum absolute atomic E-state index is 13.7. The Morgan fingerprint density at radius 1 is 0.946 bits per heavy atom. The van der Waals surface area contributed by atoms with Crippen molar-refractivity contribution >= 4 is 55.0 Å². The third kappa shape index (κ3) is 7.51. The maximum Gasteiger partial charge on any atom is 0.260 e. The van der Waals surface area contributed by atoms with Crippen molar-refractivity contribution in [2.24, 2.45) is 0 Å². The molecule has 2 aromatic carbocycles. The van der Waals surface area contributed by atoms with Crippen LogP contribution in [0.3, 0.4) is 0 Å². The van der Waals surface area contributed by atoms with Crippen LogP contribution in [0.5, 0.6) is 0 Å². The fraction of sp³-hybridized carbons (Fsp3) is 0.481. The molecule has 37 heavy (non-hydrogen) atoms. The van der Waals surface area contributed by atoms with E-state index >= 15 is 0 Å². The summed E-state index contributed by atoms with van der Waals surface area (Å²) < 4.78 is 28.2. The molecule has 1 heterocycles. The lowest BCUT2D eigenvalue weighted by molar-refractivity contribution is 0.0983. The number of nitrogens with zero attached hydrogens (tertiary/aromatic N) is 4. The molecule has 0 unspecified atom stereocenters. The quantitative estimate of drug-likeness (QED) is 0.266. The summed E-state index contributed by atoms with van der Waals surface area (Å²) in [4.78, 5) is 22.7. The number of aryl methyl sites for hydroxylation is 1. The van der Waals surface area contributed by atoms with Gasteiger partial charge in [0.2, 0.25) is 10.0 Å². The van der Waals surface area contributed by atoms with E-state index in [1.54, 1.807) is 24.1 Å². The summed E-state index contributed by atoms with van der Waals surface area (Å²) in [6, 6.07) is 12.5.